The molecule has 0 aliphatic heterocycles. The van der Waals surface area contributed by atoms with E-state index >= 15 is 0 Å². The number of rotatable bonds is 3. The summed E-state index contributed by atoms with van der Waals surface area (Å²) in [5.41, 5.74) is 0.00702. The molecule has 0 aromatic heterocycles. The Balaban J connectivity index is 3.15. The second kappa shape index (κ2) is 5.64. The normalized spacial score (nSPS) is 13.5. The van der Waals surface area contributed by atoms with Crippen molar-refractivity contribution in [2.24, 2.45) is 10.2 Å². The number of halogens is 3. The molecule has 0 radical (unpaired) electrons. The number of ketones is 1. The molecular formula is C12H11F3N2O2. The van der Waals surface area contributed by atoms with E-state index in [0.717, 1.165) is 12.5 Å². The summed E-state index contributed by atoms with van der Waals surface area (Å²) in [6, 6.07) is 6.50. The first-order valence-electron chi connectivity index (χ1n) is 5.21. The van der Waals surface area contributed by atoms with E-state index in [0.29, 0.717) is 0 Å². The number of alkyl halides is 3. The minimum absolute atomic E-state index is 0.286. The van der Waals surface area contributed by atoms with Crippen molar-refractivity contribution in [3.8, 4) is 0 Å². The third-order valence-corrected chi connectivity index (χ3v) is 2.09. The number of hydrogen-bond donors (Lipinski definition) is 1. The fourth-order valence-corrected chi connectivity index (χ4v) is 1.22. The van der Waals surface area contributed by atoms with Crippen LogP contribution in [0.3, 0.4) is 0 Å². The van der Waals surface area contributed by atoms with Crippen LogP contribution in [0.15, 0.2) is 46.0 Å². The van der Waals surface area contributed by atoms with Crippen LogP contribution in [-0.2, 0) is 4.79 Å². The Hall–Kier alpha value is -2.18. The minimum Gasteiger partial charge on any atom is -0.503 e. The zero-order valence-corrected chi connectivity index (χ0v) is 10.2. The fraction of sp³-hybridized carbons (Fsp3) is 0.250. The molecule has 0 spiro atoms. The third-order valence-electron chi connectivity index (χ3n) is 2.09. The molecule has 7 heteroatoms. The number of carbonyl (C=O) groups is 1. The van der Waals surface area contributed by atoms with E-state index < -0.39 is 23.4 Å². The predicted molar refractivity (Wildman–Crippen MR) is 62.1 cm³/mol. The fourth-order valence-electron chi connectivity index (χ4n) is 1.22. The molecule has 0 atom stereocenters. The van der Waals surface area contributed by atoms with Crippen molar-refractivity contribution in [3.05, 3.63) is 41.3 Å². The molecule has 1 N–H and O–H groups in total. The highest BCUT2D eigenvalue weighted by Gasteiger charge is 2.38. The standard InChI is InChI=1S/C12H11F3N2O2/c1-7-4-3-5-9(6-7)16-17-10(8(2)18)11(19)12(13,14)15/h3-6,19H,1-2H3. The molecule has 1 aromatic rings. The molecule has 0 amide bonds. The van der Waals surface area contributed by atoms with E-state index in [1.165, 1.54) is 6.07 Å². The third kappa shape index (κ3) is 4.20. The minimum atomic E-state index is -5.04. The van der Waals surface area contributed by atoms with Crippen molar-refractivity contribution in [2.75, 3.05) is 0 Å². The highest BCUT2D eigenvalue weighted by Crippen LogP contribution is 2.27. The second-order valence-corrected chi connectivity index (χ2v) is 3.79. The molecule has 19 heavy (non-hydrogen) atoms. The average molecular weight is 272 g/mol. The van der Waals surface area contributed by atoms with Crippen molar-refractivity contribution in [1.29, 1.82) is 0 Å². The lowest BCUT2D eigenvalue weighted by Gasteiger charge is -2.06. The number of benzene rings is 1. The van der Waals surface area contributed by atoms with Crippen molar-refractivity contribution >= 4 is 11.5 Å². The van der Waals surface area contributed by atoms with Crippen molar-refractivity contribution in [1.82, 2.24) is 0 Å². The lowest BCUT2D eigenvalue weighted by Crippen LogP contribution is -2.16. The summed E-state index contributed by atoms with van der Waals surface area (Å²) < 4.78 is 36.9. The Morgan fingerprint density at radius 3 is 2.42 bits per heavy atom. The quantitative estimate of drug-likeness (QED) is 0.513. The maximum Gasteiger partial charge on any atom is 0.451 e. The second-order valence-electron chi connectivity index (χ2n) is 3.79. The van der Waals surface area contributed by atoms with E-state index in [-0.39, 0.29) is 5.69 Å². The molecule has 0 fully saturated rings. The Labute approximate surface area is 107 Å². The van der Waals surface area contributed by atoms with E-state index in [4.69, 9.17) is 5.11 Å². The maximum absolute atomic E-state index is 12.3. The highest BCUT2D eigenvalue weighted by atomic mass is 19.4. The van der Waals surface area contributed by atoms with Crippen LogP contribution in [0.5, 0.6) is 0 Å². The SMILES string of the molecule is CC(=O)C(N=Nc1cccc(C)c1)=C(O)C(F)(F)F. The summed E-state index contributed by atoms with van der Waals surface area (Å²) in [6.45, 7) is 2.64. The Kier molecular flexibility index (Phi) is 4.42. The average Bonchev–Trinajstić information content (AvgIpc) is 2.27. The van der Waals surface area contributed by atoms with Crippen LogP contribution < -0.4 is 0 Å². The maximum atomic E-state index is 12.3. The number of aliphatic hydroxyl groups excluding tert-OH is 1. The number of azo groups is 1. The summed E-state index contributed by atoms with van der Waals surface area (Å²) in [6.07, 6.45) is -5.04. The molecular weight excluding hydrogens is 261 g/mol. The van der Waals surface area contributed by atoms with Crippen LogP contribution in [0.1, 0.15) is 12.5 Å². The molecule has 1 rings (SSSR count). The van der Waals surface area contributed by atoms with Crippen LogP contribution in [0.4, 0.5) is 18.9 Å². The van der Waals surface area contributed by atoms with Gasteiger partial charge >= 0.3 is 6.18 Å². The van der Waals surface area contributed by atoms with Gasteiger partial charge in [-0.1, -0.05) is 12.1 Å². The number of Topliss-reactive ketones (excluding diaryl/α,β-unsaturated/α-hetero) is 1. The summed E-state index contributed by atoms with van der Waals surface area (Å²) in [5.74, 6) is -3.07. The van der Waals surface area contributed by atoms with Gasteiger partial charge in [-0.25, -0.2) is 0 Å². The van der Waals surface area contributed by atoms with Gasteiger partial charge in [0, 0.05) is 6.92 Å². The van der Waals surface area contributed by atoms with Crippen molar-refractivity contribution in [3.63, 3.8) is 0 Å². The molecule has 0 saturated carbocycles. The summed E-state index contributed by atoms with van der Waals surface area (Å²) in [4.78, 5) is 11.0. The first-order valence-corrected chi connectivity index (χ1v) is 5.21. The number of hydrogen-bond acceptors (Lipinski definition) is 4. The zero-order chi connectivity index (χ0) is 14.6. The van der Waals surface area contributed by atoms with Crippen molar-refractivity contribution < 1.29 is 23.1 Å². The molecule has 0 unspecified atom stereocenters. The van der Waals surface area contributed by atoms with Gasteiger partial charge in [0.05, 0.1) is 5.69 Å². The van der Waals surface area contributed by atoms with Gasteiger partial charge in [0.15, 0.2) is 11.5 Å². The molecule has 0 aliphatic rings. The van der Waals surface area contributed by atoms with Gasteiger partial charge in [-0.3, -0.25) is 4.79 Å². The molecule has 0 saturated heterocycles. The Bertz CT molecular complexity index is 548. The lowest BCUT2D eigenvalue weighted by molar-refractivity contribution is -0.126. The molecule has 1 aromatic carbocycles. The van der Waals surface area contributed by atoms with Gasteiger partial charge in [-0.15, -0.1) is 5.11 Å². The smallest absolute Gasteiger partial charge is 0.451 e. The van der Waals surface area contributed by atoms with Gasteiger partial charge in [0.25, 0.3) is 0 Å². The monoisotopic (exact) mass is 272 g/mol. The van der Waals surface area contributed by atoms with Gasteiger partial charge in [-0.05, 0) is 24.6 Å². The van der Waals surface area contributed by atoms with Crippen molar-refractivity contribution in [2.45, 2.75) is 20.0 Å². The summed E-state index contributed by atoms with van der Waals surface area (Å²) in [5, 5.41) is 15.6. The van der Waals surface area contributed by atoms with E-state index in [1.54, 1.807) is 25.1 Å². The number of carbonyl (C=O) groups excluding carboxylic acids is 1. The highest BCUT2D eigenvalue weighted by molar-refractivity contribution is 5.93. The largest absolute Gasteiger partial charge is 0.503 e. The Morgan fingerprint density at radius 1 is 1.32 bits per heavy atom. The van der Waals surface area contributed by atoms with E-state index in [2.05, 4.69) is 10.2 Å². The molecule has 4 nitrogen and oxygen atoms in total. The number of nitrogens with zero attached hydrogens (tertiary/aromatic N) is 2. The number of allylic oxidation sites excluding steroid dienone is 2. The van der Waals surface area contributed by atoms with Crippen LogP contribution in [0, 0.1) is 6.92 Å². The molecule has 102 valence electrons. The zero-order valence-electron chi connectivity index (χ0n) is 10.2. The first kappa shape index (κ1) is 14.9. The van der Waals surface area contributed by atoms with Crippen LogP contribution >= 0.6 is 0 Å². The van der Waals surface area contributed by atoms with Crippen LogP contribution in [-0.4, -0.2) is 17.1 Å². The molecule has 0 aliphatic carbocycles. The van der Waals surface area contributed by atoms with E-state index in [9.17, 15) is 18.0 Å². The van der Waals surface area contributed by atoms with E-state index in [1.807, 2.05) is 0 Å². The van der Waals surface area contributed by atoms with Gasteiger partial charge < -0.3 is 5.11 Å². The van der Waals surface area contributed by atoms with Crippen LogP contribution in [0.25, 0.3) is 0 Å². The first-order chi connectivity index (χ1) is 8.71. The summed E-state index contributed by atoms with van der Waals surface area (Å²) in [7, 11) is 0. The number of aliphatic hydroxyl groups is 1. The van der Waals surface area contributed by atoms with Gasteiger partial charge in [0.1, 0.15) is 0 Å². The van der Waals surface area contributed by atoms with Gasteiger partial charge in [-0.2, -0.15) is 18.3 Å². The summed E-state index contributed by atoms with van der Waals surface area (Å²) >= 11 is 0. The topological polar surface area (TPSA) is 62.0 Å². The van der Waals surface area contributed by atoms with Crippen LogP contribution in [0.2, 0.25) is 0 Å². The lowest BCUT2D eigenvalue weighted by atomic mass is 10.2. The van der Waals surface area contributed by atoms with Gasteiger partial charge in [0.2, 0.25) is 5.76 Å². The molecule has 0 bridgehead atoms. The molecule has 0 heterocycles. The Morgan fingerprint density at radius 2 is 1.95 bits per heavy atom. The number of aryl methyl sites for hydroxylation is 1. The predicted octanol–water partition coefficient (Wildman–Crippen LogP) is 4.00.